The van der Waals surface area contributed by atoms with E-state index in [0.717, 1.165) is 48.0 Å². The Bertz CT molecular complexity index is 1090. The van der Waals surface area contributed by atoms with Gasteiger partial charge in [-0.1, -0.05) is 18.2 Å². The van der Waals surface area contributed by atoms with Gasteiger partial charge in [0.15, 0.2) is 11.6 Å². The number of aromatic nitrogens is 4. The van der Waals surface area contributed by atoms with Crippen molar-refractivity contribution in [1.82, 2.24) is 18.9 Å². The lowest BCUT2D eigenvalue weighted by Gasteiger charge is -2.25. The molecule has 1 saturated heterocycles. The van der Waals surface area contributed by atoms with Gasteiger partial charge in [0.1, 0.15) is 12.1 Å². The largest absolute Gasteiger partial charge is 0.394 e. The fourth-order valence-electron chi connectivity index (χ4n) is 3.86. The highest BCUT2D eigenvalue weighted by molar-refractivity contribution is 5.73. The zero-order valence-corrected chi connectivity index (χ0v) is 15.4. The summed E-state index contributed by atoms with van der Waals surface area (Å²) >= 11 is 0. The Morgan fingerprint density at radius 1 is 1.07 bits per heavy atom. The average molecular weight is 374 g/mol. The van der Waals surface area contributed by atoms with Crippen LogP contribution in [0.2, 0.25) is 0 Å². The van der Waals surface area contributed by atoms with Crippen LogP contribution in [-0.4, -0.2) is 43.2 Å². The summed E-state index contributed by atoms with van der Waals surface area (Å²) in [7, 11) is 0. The minimum Gasteiger partial charge on any atom is -0.394 e. The van der Waals surface area contributed by atoms with Crippen LogP contribution in [0.4, 0.5) is 17.5 Å². The third-order valence-electron chi connectivity index (χ3n) is 5.25. The highest BCUT2D eigenvalue weighted by Crippen LogP contribution is 2.30. The Balaban J connectivity index is 1.48. The molecule has 5 rings (SSSR count). The number of nitrogens with one attached hydrogen (secondary N) is 1. The maximum atomic E-state index is 9.73. The summed E-state index contributed by atoms with van der Waals surface area (Å²) in [6, 6.07) is 14.3. The molecule has 4 aromatic rings. The molecule has 0 aliphatic carbocycles. The lowest BCUT2D eigenvalue weighted by molar-refractivity contribution is 0.266. The summed E-state index contributed by atoms with van der Waals surface area (Å²) in [5.74, 6) is 2.35. The second kappa shape index (κ2) is 7.01. The molecular formula is C21H22N6O. The molecule has 142 valence electrons. The van der Waals surface area contributed by atoms with E-state index in [-0.39, 0.29) is 12.6 Å². The Morgan fingerprint density at radius 2 is 1.96 bits per heavy atom. The van der Waals surface area contributed by atoms with Gasteiger partial charge in [0.2, 0.25) is 0 Å². The van der Waals surface area contributed by atoms with E-state index in [1.807, 2.05) is 59.6 Å². The fraction of sp³-hybridized carbons (Fsp3) is 0.238. The minimum absolute atomic E-state index is 0.124. The number of aliphatic hydroxyl groups is 1. The number of fused-ring (bicyclic) bond motifs is 1. The van der Waals surface area contributed by atoms with E-state index in [2.05, 4.69) is 25.7 Å². The molecule has 0 saturated carbocycles. The number of benzene rings is 1. The summed E-state index contributed by atoms with van der Waals surface area (Å²) in [4.78, 5) is 11.5. The second-order valence-electron chi connectivity index (χ2n) is 7.05. The van der Waals surface area contributed by atoms with Crippen LogP contribution in [0, 0.1) is 0 Å². The van der Waals surface area contributed by atoms with E-state index in [1.54, 1.807) is 6.33 Å². The quantitative estimate of drug-likeness (QED) is 0.561. The number of rotatable bonds is 5. The molecule has 1 aliphatic heterocycles. The van der Waals surface area contributed by atoms with Crippen molar-refractivity contribution in [3.63, 3.8) is 0 Å². The molecule has 1 aromatic carbocycles. The summed E-state index contributed by atoms with van der Waals surface area (Å²) in [5.41, 5.74) is 2.10. The van der Waals surface area contributed by atoms with Gasteiger partial charge in [0, 0.05) is 18.4 Å². The monoisotopic (exact) mass is 374 g/mol. The molecule has 1 aliphatic rings. The van der Waals surface area contributed by atoms with E-state index in [1.165, 1.54) is 0 Å². The summed E-state index contributed by atoms with van der Waals surface area (Å²) in [6.07, 6.45) is 9.77. The van der Waals surface area contributed by atoms with Gasteiger partial charge >= 0.3 is 0 Å². The summed E-state index contributed by atoms with van der Waals surface area (Å²) < 4.78 is 4.03. The topological polar surface area (TPSA) is 70.6 Å². The van der Waals surface area contributed by atoms with E-state index in [4.69, 9.17) is 4.98 Å². The number of anilines is 3. The summed E-state index contributed by atoms with van der Waals surface area (Å²) in [6.45, 7) is 1.05. The first-order valence-corrected chi connectivity index (χ1v) is 9.53. The standard InChI is InChI=1S/C21H22N6O/c28-14-17-8-4-11-27(17)21-18-9-5-10-25(18)13-20(24-21)23-19-12-26(15-22-19)16-6-2-1-3-7-16/h1-3,5-7,9-10,12-13,15,17,23,28H,4,8,11,14H2/t17-/m0/s1. The van der Waals surface area contributed by atoms with Crippen LogP contribution in [0.3, 0.4) is 0 Å². The lowest BCUT2D eigenvalue weighted by atomic mass is 10.2. The van der Waals surface area contributed by atoms with Crippen molar-refractivity contribution in [2.24, 2.45) is 0 Å². The van der Waals surface area contributed by atoms with Crippen LogP contribution >= 0.6 is 0 Å². The van der Waals surface area contributed by atoms with Crippen molar-refractivity contribution in [2.45, 2.75) is 18.9 Å². The van der Waals surface area contributed by atoms with E-state index < -0.39 is 0 Å². The normalized spacial score (nSPS) is 16.8. The Morgan fingerprint density at radius 3 is 2.82 bits per heavy atom. The van der Waals surface area contributed by atoms with E-state index in [0.29, 0.717) is 0 Å². The Hall–Kier alpha value is -3.32. The number of para-hydroxylation sites is 1. The van der Waals surface area contributed by atoms with Crippen molar-refractivity contribution >= 4 is 23.0 Å². The molecule has 0 radical (unpaired) electrons. The Labute approximate surface area is 162 Å². The molecule has 7 nitrogen and oxygen atoms in total. The smallest absolute Gasteiger partial charge is 0.155 e. The zero-order chi connectivity index (χ0) is 18.9. The lowest BCUT2D eigenvalue weighted by Crippen LogP contribution is -2.33. The van der Waals surface area contributed by atoms with Crippen LogP contribution in [0.15, 0.2) is 67.4 Å². The van der Waals surface area contributed by atoms with E-state index in [9.17, 15) is 5.11 Å². The molecule has 0 spiro atoms. The van der Waals surface area contributed by atoms with Gasteiger partial charge < -0.3 is 24.3 Å². The Kier molecular flexibility index (Phi) is 4.21. The van der Waals surface area contributed by atoms with Gasteiger partial charge in [-0.2, -0.15) is 0 Å². The molecule has 0 bridgehead atoms. The first-order chi connectivity index (χ1) is 13.8. The average Bonchev–Trinajstić information content (AvgIpc) is 3.48. The molecule has 1 atom stereocenters. The van der Waals surface area contributed by atoms with Gasteiger partial charge in [-0.25, -0.2) is 9.97 Å². The highest BCUT2D eigenvalue weighted by atomic mass is 16.3. The molecule has 3 aromatic heterocycles. The molecule has 7 heteroatoms. The van der Waals surface area contributed by atoms with Crippen LogP contribution in [0.1, 0.15) is 12.8 Å². The zero-order valence-electron chi connectivity index (χ0n) is 15.4. The molecule has 1 fully saturated rings. The minimum atomic E-state index is 0.124. The molecule has 4 heterocycles. The fourth-order valence-corrected chi connectivity index (χ4v) is 3.86. The number of nitrogens with zero attached hydrogens (tertiary/aromatic N) is 5. The third-order valence-corrected chi connectivity index (χ3v) is 5.25. The number of imidazole rings is 1. The first-order valence-electron chi connectivity index (χ1n) is 9.53. The molecule has 28 heavy (non-hydrogen) atoms. The SMILES string of the molecule is OC[C@@H]1CCCN1c1nc(Nc2cn(-c3ccccc3)cn2)cn2cccc12. The van der Waals surface area contributed by atoms with Crippen LogP contribution < -0.4 is 10.2 Å². The van der Waals surface area contributed by atoms with Gasteiger partial charge in [-0.05, 0) is 37.1 Å². The van der Waals surface area contributed by atoms with Crippen LogP contribution in [-0.2, 0) is 0 Å². The molecule has 2 N–H and O–H groups in total. The maximum absolute atomic E-state index is 9.73. The number of hydrogen-bond acceptors (Lipinski definition) is 5. The van der Waals surface area contributed by atoms with Crippen molar-refractivity contribution in [3.05, 3.63) is 67.4 Å². The predicted octanol–water partition coefficient (Wildman–Crippen LogP) is 3.22. The highest BCUT2D eigenvalue weighted by Gasteiger charge is 2.27. The maximum Gasteiger partial charge on any atom is 0.155 e. The predicted molar refractivity (Wildman–Crippen MR) is 109 cm³/mol. The molecule has 0 amide bonds. The van der Waals surface area contributed by atoms with E-state index >= 15 is 0 Å². The number of aliphatic hydroxyl groups excluding tert-OH is 1. The van der Waals surface area contributed by atoms with Crippen molar-refractivity contribution < 1.29 is 5.11 Å². The second-order valence-corrected chi connectivity index (χ2v) is 7.05. The molecular weight excluding hydrogens is 352 g/mol. The van der Waals surface area contributed by atoms with Crippen molar-refractivity contribution in [1.29, 1.82) is 0 Å². The molecule has 0 unspecified atom stereocenters. The first kappa shape index (κ1) is 16.8. The van der Waals surface area contributed by atoms with Crippen molar-refractivity contribution in [2.75, 3.05) is 23.4 Å². The summed E-state index contributed by atoms with van der Waals surface area (Å²) in [5, 5.41) is 13.1. The van der Waals surface area contributed by atoms with Gasteiger partial charge in [-0.3, -0.25) is 0 Å². The van der Waals surface area contributed by atoms with Gasteiger partial charge in [0.25, 0.3) is 0 Å². The van der Waals surface area contributed by atoms with Crippen LogP contribution in [0.5, 0.6) is 0 Å². The third kappa shape index (κ3) is 2.99. The van der Waals surface area contributed by atoms with Gasteiger partial charge in [0.05, 0.1) is 30.6 Å². The van der Waals surface area contributed by atoms with Crippen LogP contribution in [0.25, 0.3) is 11.2 Å². The van der Waals surface area contributed by atoms with Crippen molar-refractivity contribution in [3.8, 4) is 5.69 Å². The van der Waals surface area contributed by atoms with Gasteiger partial charge in [-0.15, -0.1) is 0 Å². The number of hydrogen-bond donors (Lipinski definition) is 2.